The van der Waals surface area contributed by atoms with Gasteiger partial charge in [-0.15, -0.1) is 0 Å². The van der Waals surface area contributed by atoms with E-state index in [4.69, 9.17) is 11.0 Å². The molecule has 0 bridgehead atoms. The van der Waals surface area contributed by atoms with E-state index in [1.807, 2.05) is 6.07 Å². The number of halogens is 1. The molecule has 5 heteroatoms. The number of anilines is 1. The molecule has 0 spiro atoms. The maximum absolute atomic E-state index is 13.4. The first-order valence-corrected chi connectivity index (χ1v) is 6.31. The van der Waals surface area contributed by atoms with E-state index in [9.17, 15) is 9.18 Å². The molecule has 21 heavy (non-hydrogen) atoms. The van der Waals surface area contributed by atoms with Crippen LogP contribution in [0, 0.1) is 17.1 Å². The van der Waals surface area contributed by atoms with Gasteiger partial charge >= 0.3 is 0 Å². The van der Waals surface area contributed by atoms with Crippen molar-refractivity contribution in [2.75, 3.05) is 12.8 Å². The first kappa shape index (κ1) is 14.5. The van der Waals surface area contributed by atoms with Crippen LogP contribution >= 0.6 is 0 Å². The maximum atomic E-state index is 13.4. The fraction of sp³-hybridized carbons (Fsp3) is 0.125. The summed E-state index contributed by atoms with van der Waals surface area (Å²) in [6.07, 6.45) is 0. The predicted octanol–water partition coefficient (Wildman–Crippen LogP) is 2.55. The van der Waals surface area contributed by atoms with E-state index < -0.39 is 5.82 Å². The van der Waals surface area contributed by atoms with Crippen molar-refractivity contribution in [1.29, 1.82) is 5.26 Å². The molecule has 2 N–H and O–H groups in total. The van der Waals surface area contributed by atoms with Gasteiger partial charge in [0, 0.05) is 13.6 Å². The molecule has 0 aliphatic heterocycles. The van der Waals surface area contributed by atoms with Crippen LogP contribution in [0.5, 0.6) is 0 Å². The third-order valence-corrected chi connectivity index (χ3v) is 3.13. The molecule has 0 atom stereocenters. The van der Waals surface area contributed by atoms with Crippen LogP contribution in [0.1, 0.15) is 21.5 Å². The molecule has 0 heterocycles. The zero-order valence-electron chi connectivity index (χ0n) is 11.5. The monoisotopic (exact) mass is 283 g/mol. The normalized spacial score (nSPS) is 9.95. The summed E-state index contributed by atoms with van der Waals surface area (Å²) in [5.41, 5.74) is 7.03. The Hall–Kier alpha value is -2.87. The lowest BCUT2D eigenvalue weighted by molar-refractivity contribution is 0.0785. The van der Waals surface area contributed by atoms with Gasteiger partial charge in [0.25, 0.3) is 5.91 Å². The Labute approximate surface area is 122 Å². The molecule has 0 saturated carbocycles. The lowest BCUT2D eigenvalue weighted by atomic mass is 10.1. The molecule has 0 aliphatic rings. The second-order valence-corrected chi connectivity index (χ2v) is 4.67. The third kappa shape index (κ3) is 3.18. The van der Waals surface area contributed by atoms with Crippen molar-refractivity contribution in [1.82, 2.24) is 4.90 Å². The summed E-state index contributed by atoms with van der Waals surface area (Å²) in [6, 6.07) is 13.1. The topological polar surface area (TPSA) is 70.1 Å². The highest BCUT2D eigenvalue weighted by atomic mass is 19.1. The first-order chi connectivity index (χ1) is 10.0. The summed E-state index contributed by atoms with van der Waals surface area (Å²) in [5, 5.41) is 8.74. The summed E-state index contributed by atoms with van der Waals surface area (Å²) in [5.74, 6) is -0.955. The molecule has 2 rings (SSSR count). The number of hydrogen-bond acceptors (Lipinski definition) is 3. The lowest BCUT2D eigenvalue weighted by Gasteiger charge is -2.18. The number of nitriles is 1. The van der Waals surface area contributed by atoms with Crippen LogP contribution in [0.25, 0.3) is 0 Å². The number of amides is 1. The Balaban J connectivity index is 2.15. The molecule has 1 amide bonds. The predicted molar refractivity (Wildman–Crippen MR) is 77.8 cm³/mol. The quantitative estimate of drug-likeness (QED) is 0.880. The minimum Gasteiger partial charge on any atom is -0.396 e. The maximum Gasteiger partial charge on any atom is 0.256 e. The smallest absolute Gasteiger partial charge is 0.256 e. The van der Waals surface area contributed by atoms with Gasteiger partial charge in [0.05, 0.1) is 22.9 Å². The summed E-state index contributed by atoms with van der Waals surface area (Å²) >= 11 is 0. The SMILES string of the molecule is CN(Cc1ccc(C#N)cc1)C(=O)c1cccc(F)c1N. The van der Waals surface area contributed by atoms with E-state index in [2.05, 4.69) is 0 Å². The van der Waals surface area contributed by atoms with Crippen molar-refractivity contribution in [2.24, 2.45) is 0 Å². The number of carbonyl (C=O) groups is 1. The summed E-state index contributed by atoms with van der Waals surface area (Å²) < 4.78 is 13.4. The molecule has 0 fully saturated rings. The molecule has 0 aliphatic carbocycles. The zero-order valence-corrected chi connectivity index (χ0v) is 11.5. The van der Waals surface area contributed by atoms with Crippen LogP contribution < -0.4 is 5.73 Å². The number of nitrogen functional groups attached to an aromatic ring is 1. The number of para-hydroxylation sites is 1. The van der Waals surface area contributed by atoms with Crippen molar-refractivity contribution >= 4 is 11.6 Å². The first-order valence-electron chi connectivity index (χ1n) is 6.31. The molecule has 2 aromatic rings. The van der Waals surface area contributed by atoms with Gasteiger partial charge in [-0.2, -0.15) is 5.26 Å². The van der Waals surface area contributed by atoms with Crippen LogP contribution in [0.15, 0.2) is 42.5 Å². The van der Waals surface area contributed by atoms with Crippen LogP contribution in [-0.4, -0.2) is 17.9 Å². The second-order valence-electron chi connectivity index (χ2n) is 4.67. The van der Waals surface area contributed by atoms with E-state index in [0.29, 0.717) is 12.1 Å². The minimum absolute atomic E-state index is 0.144. The Morgan fingerprint density at radius 3 is 2.57 bits per heavy atom. The van der Waals surface area contributed by atoms with Gasteiger partial charge in [0.1, 0.15) is 5.82 Å². The number of benzene rings is 2. The van der Waals surface area contributed by atoms with Crippen LogP contribution in [-0.2, 0) is 6.54 Å². The molecular weight excluding hydrogens is 269 g/mol. The summed E-state index contributed by atoms with van der Waals surface area (Å²) in [4.78, 5) is 13.7. The van der Waals surface area contributed by atoms with Gasteiger partial charge in [-0.1, -0.05) is 18.2 Å². The largest absolute Gasteiger partial charge is 0.396 e. The molecule has 0 unspecified atom stereocenters. The zero-order chi connectivity index (χ0) is 15.4. The van der Waals surface area contributed by atoms with E-state index >= 15 is 0 Å². The summed E-state index contributed by atoms with van der Waals surface area (Å²) in [7, 11) is 1.62. The lowest BCUT2D eigenvalue weighted by Crippen LogP contribution is -2.27. The standard InChI is InChI=1S/C16H14FN3O/c1-20(10-12-7-5-11(9-18)6-8-12)16(21)13-3-2-4-14(17)15(13)19/h2-8H,10,19H2,1H3. The van der Waals surface area contributed by atoms with Gasteiger partial charge in [0.15, 0.2) is 0 Å². The Bertz CT molecular complexity index is 704. The Kier molecular flexibility index (Phi) is 4.19. The van der Waals surface area contributed by atoms with Gasteiger partial charge in [-0.05, 0) is 29.8 Å². The van der Waals surface area contributed by atoms with Gasteiger partial charge in [0.2, 0.25) is 0 Å². The van der Waals surface area contributed by atoms with E-state index in [1.165, 1.54) is 23.1 Å². The van der Waals surface area contributed by atoms with Crippen molar-refractivity contribution in [3.8, 4) is 6.07 Å². The van der Waals surface area contributed by atoms with Crippen LogP contribution in [0.3, 0.4) is 0 Å². The van der Waals surface area contributed by atoms with Crippen molar-refractivity contribution < 1.29 is 9.18 Å². The molecule has 0 saturated heterocycles. The Morgan fingerprint density at radius 2 is 1.95 bits per heavy atom. The van der Waals surface area contributed by atoms with Crippen molar-refractivity contribution in [2.45, 2.75) is 6.54 Å². The minimum atomic E-state index is -0.604. The van der Waals surface area contributed by atoms with Crippen LogP contribution in [0.4, 0.5) is 10.1 Å². The number of carbonyl (C=O) groups excluding carboxylic acids is 1. The molecule has 2 aromatic carbocycles. The molecule has 106 valence electrons. The molecule has 0 aromatic heterocycles. The van der Waals surface area contributed by atoms with Crippen molar-refractivity contribution in [3.05, 3.63) is 65.0 Å². The third-order valence-electron chi connectivity index (χ3n) is 3.13. The highest BCUT2D eigenvalue weighted by Gasteiger charge is 2.16. The fourth-order valence-electron chi connectivity index (χ4n) is 1.96. The van der Waals surface area contributed by atoms with E-state index in [1.54, 1.807) is 31.3 Å². The van der Waals surface area contributed by atoms with Gasteiger partial charge < -0.3 is 10.6 Å². The Morgan fingerprint density at radius 1 is 1.29 bits per heavy atom. The van der Waals surface area contributed by atoms with Crippen LogP contribution in [0.2, 0.25) is 0 Å². The van der Waals surface area contributed by atoms with Crippen molar-refractivity contribution in [3.63, 3.8) is 0 Å². The fourth-order valence-corrected chi connectivity index (χ4v) is 1.96. The number of hydrogen-bond donors (Lipinski definition) is 1. The second kappa shape index (κ2) is 6.06. The number of rotatable bonds is 3. The average molecular weight is 283 g/mol. The average Bonchev–Trinajstić information content (AvgIpc) is 2.50. The number of nitrogens with two attached hydrogens (primary N) is 1. The van der Waals surface area contributed by atoms with Gasteiger partial charge in [-0.3, -0.25) is 4.79 Å². The highest BCUT2D eigenvalue weighted by Crippen LogP contribution is 2.18. The van der Waals surface area contributed by atoms with Gasteiger partial charge in [-0.25, -0.2) is 4.39 Å². The molecule has 0 radical (unpaired) electrons. The van der Waals surface area contributed by atoms with E-state index in [-0.39, 0.29) is 17.2 Å². The molecule has 4 nitrogen and oxygen atoms in total. The summed E-state index contributed by atoms with van der Waals surface area (Å²) in [6.45, 7) is 0.348. The van der Waals surface area contributed by atoms with E-state index in [0.717, 1.165) is 5.56 Å². The highest BCUT2D eigenvalue weighted by molar-refractivity contribution is 5.99. The molecular formula is C16H14FN3O. The number of nitrogens with zero attached hydrogens (tertiary/aromatic N) is 2.